The molecular weight excluding hydrogens is 444 g/mol. The minimum atomic E-state index is -3.77. The maximum atomic E-state index is 13.1. The Morgan fingerprint density at radius 2 is 1.70 bits per heavy atom. The SMILES string of the molecule is NS(=O)(=O)NCCCC[C@H](NC(=O)Nc1ccccc1)C(=O)Nc1cccc2cccnc12. The topological polar surface area (TPSA) is 155 Å². The second-order valence-electron chi connectivity index (χ2n) is 7.32. The van der Waals surface area contributed by atoms with Crippen LogP contribution >= 0.6 is 0 Å². The molecule has 11 heteroatoms. The van der Waals surface area contributed by atoms with Crippen LogP contribution in [0.3, 0.4) is 0 Å². The van der Waals surface area contributed by atoms with Crippen molar-refractivity contribution in [2.24, 2.45) is 5.14 Å². The van der Waals surface area contributed by atoms with Crippen LogP contribution in [0, 0.1) is 0 Å². The number of amides is 3. The number of nitrogens with two attached hydrogens (primary N) is 1. The molecule has 0 radical (unpaired) electrons. The van der Waals surface area contributed by atoms with Crippen molar-refractivity contribution < 1.29 is 18.0 Å². The number of pyridine rings is 1. The van der Waals surface area contributed by atoms with Gasteiger partial charge in [-0.1, -0.05) is 36.4 Å². The molecule has 3 rings (SSSR count). The molecule has 2 aromatic carbocycles. The third-order valence-electron chi connectivity index (χ3n) is 4.77. The first-order valence-electron chi connectivity index (χ1n) is 10.4. The van der Waals surface area contributed by atoms with Crippen molar-refractivity contribution >= 4 is 44.4 Å². The van der Waals surface area contributed by atoms with Crippen LogP contribution in [0.4, 0.5) is 16.2 Å². The number of carbonyl (C=O) groups is 2. The summed E-state index contributed by atoms with van der Waals surface area (Å²) in [6.45, 7) is 0.136. The Hall–Kier alpha value is -3.54. The van der Waals surface area contributed by atoms with E-state index in [-0.39, 0.29) is 6.54 Å². The van der Waals surface area contributed by atoms with Crippen molar-refractivity contribution in [1.29, 1.82) is 0 Å². The van der Waals surface area contributed by atoms with Crippen LogP contribution in [0.1, 0.15) is 19.3 Å². The van der Waals surface area contributed by atoms with Crippen LogP contribution < -0.4 is 25.8 Å². The first-order valence-corrected chi connectivity index (χ1v) is 11.9. The van der Waals surface area contributed by atoms with Crippen LogP contribution in [0.25, 0.3) is 10.9 Å². The lowest BCUT2D eigenvalue weighted by molar-refractivity contribution is -0.118. The van der Waals surface area contributed by atoms with Crippen molar-refractivity contribution in [3.8, 4) is 0 Å². The first-order chi connectivity index (χ1) is 15.8. The van der Waals surface area contributed by atoms with Crippen molar-refractivity contribution in [2.75, 3.05) is 17.2 Å². The van der Waals surface area contributed by atoms with E-state index in [4.69, 9.17) is 5.14 Å². The summed E-state index contributed by atoms with van der Waals surface area (Å²) in [7, 11) is -3.77. The number of fused-ring (bicyclic) bond motifs is 1. The summed E-state index contributed by atoms with van der Waals surface area (Å²) in [6, 6.07) is 16.6. The van der Waals surface area contributed by atoms with Gasteiger partial charge in [0.15, 0.2) is 0 Å². The van der Waals surface area contributed by atoms with E-state index in [1.54, 1.807) is 36.5 Å². The van der Waals surface area contributed by atoms with Gasteiger partial charge in [-0.2, -0.15) is 8.42 Å². The van der Waals surface area contributed by atoms with Gasteiger partial charge < -0.3 is 16.0 Å². The molecule has 0 saturated heterocycles. The number of rotatable bonds is 10. The first kappa shape index (κ1) is 24.1. The summed E-state index contributed by atoms with van der Waals surface area (Å²) in [4.78, 5) is 29.9. The van der Waals surface area contributed by atoms with E-state index in [0.29, 0.717) is 36.2 Å². The van der Waals surface area contributed by atoms with E-state index in [0.717, 1.165) is 5.39 Å². The van der Waals surface area contributed by atoms with Gasteiger partial charge in [-0.15, -0.1) is 0 Å². The fraction of sp³-hybridized carbons (Fsp3) is 0.227. The summed E-state index contributed by atoms with van der Waals surface area (Å²) < 4.78 is 24.2. The Labute approximate surface area is 192 Å². The molecule has 6 N–H and O–H groups in total. The van der Waals surface area contributed by atoms with E-state index in [9.17, 15) is 18.0 Å². The van der Waals surface area contributed by atoms with Crippen LogP contribution in [0.15, 0.2) is 66.9 Å². The Kier molecular flexibility index (Phi) is 8.30. The quantitative estimate of drug-likeness (QED) is 0.288. The van der Waals surface area contributed by atoms with Crippen molar-refractivity contribution in [3.05, 3.63) is 66.9 Å². The van der Waals surface area contributed by atoms with E-state index >= 15 is 0 Å². The molecule has 0 saturated carbocycles. The smallest absolute Gasteiger partial charge is 0.319 e. The molecular formula is C22H26N6O4S. The van der Waals surface area contributed by atoms with Crippen molar-refractivity contribution in [3.63, 3.8) is 0 Å². The number of nitrogens with one attached hydrogen (secondary N) is 4. The van der Waals surface area contributed by atoms with E-state index < -0.39 is 28.2 Å². The van der Waals surface area contributed by atoms with Gasteiger partial charge in [-0.3, -0.25) is 9.78 Å². The third kappa shape index (κ3) is 7.83. The number of anilines is 2. The van der Waals surface area contributed by atoms with E-state index in [2.05, 4.69) is 25.7 Å². The average Bonchev–Trinajstić information content (AvgIpc) is 2.78. The number of nitrogens with zero attached hydrogens (tertiary/aromatic N) is 1. The van der Waals surface area contributed by atoms with Crippen molar-refractivity contribution in [1.82, 2.24) is 15.0 Å². The summed E-state index contributed by atoms with van der Waals surface area (Å²) in [5, 5.41) is 14.0. The number of benzene rings is 2. The molecule has 0 unspecified atom stereocenters. The largest absolute Gasteiger partial charge is 0.326 e. The maximum Gasteiger partial charge on any atom is 0.319 e. The van der Waals surface area contributed by atoms with Crippen LogP contribution in [-0.4, -0.2) is 37.9 Å². The lowest BCUT2D eigenvalue weighted by Gasteiger charge is -2.19. The third-order valence-corrected chi connectivity index (χ3v) is 5.37. The van der Waals surface area contributed by atoms with Gasteiger partial charge in [0, 0.05) is 23.8 Å². The molecule has 3 aromatic rings. The highest BCUT2D eigenvalue weighted by atomic mass is 32.2. The van der Waals surface area contributed by atoms with Gasteiger partial charge in [0.05, 0.1) is 11.2 Å². The average molecular weight is 471 g/mol. The molecule has 0 aliphatic carbocycles. The van der Waals surface area contributed by atoms with Gasteiger partial charge in [0.1, 0.15) is 6.04 Å². The summed E-state index contributed by atoms with van der Waals surface area (Å²) in [5.74, 6) is -0.407. The number of urea groups is 1. The molecule has 3 amide bonds. The molecule has 1 atom stereocenters. The number of carbonyl (C=O) groups excluding carboxylic acids is 2. The summed E-state index contributed by atoms with van der Waals surface area (Å²) in [5.41, 5.74) is 1.76. The lowest BCUT2D eigenvalue weighted by Crippen LogP contribution is -2.45. The van der Waals surface area contributed by atoms with E-state index in [1.165, 1.54) is 0 Å². The zero-order valence-electron chi connectivity index (χ0n) is 17.8. The molecule has 0 aliphatic heterocycles. The molecule has 0 aliphatic rings. The minimum Gasteiger partial charge on any atom is -0.326 e. The molecule has 1 heterocycles. The van der Waals surface area contributed by atoms with Gasteiger partial charge >= 0.3 is 6.03 Å². The standard InChI is InChI=1S/C22H26N6O4S/c23-33(31,32)25-15-5-4-12-19(28-22(30)26-17-10-2-1-3-11-17)21(29)27-18-13-6-8-16-9-7-14-24-20(16)18/h1-3,6-11,13-14,19,25H,4-5,12,15H2,(H,27,29)(H2,23,31,32)(H2,26,28,30)/t19-/m0/s1. The van der Waals surface area contributed by atoms with Crippen LogP contribution in [0.5, 0.6) is 0 Å². The second kappa shape index (κ2) is 11.4. The Morgan fingerprint density at radius 3 is 2.45 bits per heavy atom. The lowest BCUT2D eigenvalue weighted by atomic mass is 10.1. The Morgan fingerprint density at radius 1 is 0.939 bits per heavy atom. The van der Waals surface area contributed by atoms with Crippen LogP contribution in [0.2, 0.25) is 0 Å². The molecule has 0 spiro atoms. The van der Waals surface area contributed by atoms with Crippen molar-refractivity contribution in [2.45, 2.75) is 25.3 Å². The van der Waals surface area contributed by atoms with Crippen LogP contribution in [-0.2, 0) is 15.0 Å². The molecule has 174 valence electrons. The number of para-hydroxylation sites is 2. The monoisotopic (exact) mass is 470 g/mol. The highest BCUT2D eigenvalue weighted by Gasteiger charge is 2.21. The maximum absolute atomic E-state index is 13.1. The predicted molar refractivity (Wildman–Crippen MR) is 128 cm³/mol. The number of hydrogen-bond acceptors (Lipinski definition) is 5. The number of hydrogen-bond donors (Lipinski definition) is 5. The van der Waals surface area contributed by atoms with Gasteiger partial charge in [-0.05, 0) is 43.5 Å². The van der Waals surface area contributed by atoms with Gasteiger partial charge in [-0.25, -0.2) is 14.7 Å². The number of unbranched alkanes of at least 4 members (excludes halogenated alkanes) is 1. The highest BCUT2D eigenvalue weighted by molar-refractivity contribution is 7.87. The zero-order valence-corrected chi connectivity index (χ0v) is 18.6. The molecule has 0 bridgehead atoms. The molecule has 0 fully saturated rings. The second-order valence-corrected chi connectivity index (χ2v) is 8.70. The zero-order chi connectivity index (χ0) is 23.7. The minimum absolute atomic E-state index is 0.136. The highest BCUT2D eigenvalue weighted by Crippen LogP contribution is 2.21. The molecule has 1 aromatic heterocycles. The molecule has 33 heavy (non-hydrogen) atoms. The fourth-order valence-electron chi connectivity index (χ4n) is 3.23. The van der Waals surface area contributed by atoms with Gasteiger partial charge in [0.2, 0.25) is 5.91 Å². The normalized spacial score (nSPS) is 12.2. The van der Waals surface area contributed by atoms with Gasteiger partial charge in [0.25, 0.3) is 10.2 Å². The van der Waals surface area contributed by atoms with E-state index in [1.807, 2.05) is 30.3 Å². The predicted octanol–water partition coefficient (Wildman–Crippen LogP) is 2.33. The Balaban J connectivity index is 1.67. The fourth-order valence-corrected chi connectivity index (χ4v) is 3.66. The Bertz CT molecular complexity index is 1200. The number of aromatic nitrogens is 1. The summed E-state index contributed by atoms with van der Waals surface area (Å²) >= 11 is 0. The molecule has 10 nitrogen and oxygen atoms in total. The summed E-state index contributed by atoms with van der Waals surface area (Å²) in [6.07, 6.45) is 2.84.